The molecule has 0 aliphatic carbocycles. The van der Waals surface area contributed by atoms with Gasteiger partial charge < -0.3 is 20.5 Å². The molecular formula is C13H19N3O3. The third-order valence-electron chi connectivity index (χ3n) is 3.35. The van der Waals surface area contributed by atoms with Crippen LogP contribution in [0.4, 0.5) is 10.5 Å². The maximum Gasteiger partial charge on any atom is 0.409 e. The van der Waals surface area contributed by atoms with Gasteiger partial charge in [0, 0.05) is 38.3 Å². The van der Waals surface area contributed by atoms with Crippen LogP contribution in [-0.4, -0.2) is 54.3 Å². The van der Waals surface area contributed by atoms with Gasteiger partial charge in [0.2, 0.25) is 0 Å². The van der Waals surface area contributed by atoms with Crippen LogP contribution in [0.3, 0.4) is 0 Å². The van der Waals surface area contributed by atoms with E-state index in [1.165, 1.54) is 7.11 Å². The standard InChI is InChI=1S/C13H19N3O3/c1-19-13(18)16-7-5-15(6-8-16)9-10-3-2-4-11(14)12(10)17/h2-4,17H,5-9,14H2,1H3. The Kier molecular flexibility index (Phi) is 4.11. The molecule has 3 N–H and O–H groups in total. The lowest BCUT2D eigenvalue weighted by atomic mass is 10.1. The van der Waals surface area contributed by atoms with E-state index >= 15 is 0 Å². The molecule has 1 aromatic carbocycles. The molecule has 104 valence electrons. The molecule has 0 aromatic heterocycles. The number of nitrogens with zero attached hydrogens (tertiary/aromatic N) is 2. The summed E-state index contributed by atoms with van der Waals surface area (Å²) in [5, 5.41) is 9.87. The van der Waals surface area contributed by atoms with Crippen molar-refractivity contribution in [3.63, 3.8) is 0 Å². The Balaban J connectivity index is 1.92. The van der Waals surface area contributed by atoms with Gasteiger partial charge in [-0.05, 0) is 6.07 Å². The summed E-state index contributed by atoms with van der Waals surface area (Å²) in [6.07, 6.45) is -0.286. The fourth-order valence-electron chi connectivity index (χ4n) is 2.20. The minimum atomic E-state index is -0.286. The molecule has 0 saturated carbocycles. The summed E-state index contributed by atoms with van der Waals surface area (Å²) in [5.41, 5.74) is 6.87. The molecule has 0 spiro atoms. The highest BCUT2D eigenvalue weighted by molar-refractivity contribution is 5.67. The predicted octanol–water partition coefficient (Wildman–Crippen LogP) is 0.858. The van der Waals surface area contributed by atoms with Crippen molar-refractivity contribution in [2.75, 3.05) is 39.0 Å². The molecule has 1 aliphatic heterocycles. The van der Waals surface area contributed by atoms with Crippen LogP contribution in [0.15, 0.2) is 18.2 Å². The fourth-order valence-corrected chi connectivity index (χ4v) is 2.20. The molecule has 0 radical (unpaired) electrons. The Hall–Kier alpha value is -1.95. The van der Waals surface area contributed by atoms with Crippen LogP contribution < -0.4 is 5.73 Å². The minimum absolute atomic E-state index is 0.151. The van der Waals surface area contributed by atoms with Gasteiger partial charge in [-0.25, -0.2) is 4.79 Å². The van der Waals surface area contributed by atoms with Crippen LogP contribution >= 0.6 is 0 Å². The minimum Gasteiger partial charge on any atom is -0.505 e. The highest BCUT2D eigenvalue weighted by Crippen LogP contribution is 2.25. The van der Waals surface area contributed by atoms with E-state index in [1.807, 2.05) is 12.1 Å². The zero-order valence-corrected chi connectivity index (χ0v) is 11.0. The van der Waals surface area contributed by atoms with Crippen LogP contribution in [0.25, 0.3) is 0 Å². The molecule has 1 aliphatic rings. The molecule has 1 aromatic rings. The molecular weight excluding hydrogens is 246 g/mol. The number of nitrogens with two attached hydrogens (primary N) is 1. The van der Waals surface area contributed by atoms with Gasteiger partial charge in [0.1, 0.15) is 5.75 Å². The molecule has 6 heteroatoms. The number of methoxy groups -OCH3 is 1. The average molecular weight is 265 g/mol. The lowest BCUT2D eigenvalue weighted by Crippen LogP contribution is -2.48. The van der Waals surface area contributed by atoms with Crippen molar-refractivity contribution in [1.29, 1.82) is 0 Å². The maximum atomic E-state index is 11.4. The number of piperazine rings is 1. The molecule has 0 bridgehead atoms. The molecule has 19 heavy (non-hydrogen) atoms. The summed E-state index contributed by atoms with van der Waals surface area (Å²) in [6.45, 7) is 3.41. The number of carbonyl (C=O) groups excluding carboxylic acids is 1. The Morgan fingerprint density at radius 1 is 1.37 bits per heavy atom. The Morgan fingerprint density at radius 3 is 2.68 bits per heavy atom. The van der Waals surface area contributed by atoms with Gasteiger partial charge >= 0.3 is 6.09 Å². The number of amides is 1. The molecule has 1 heterocycles. The second-order valence-electron chi connectivity index (χ2n) is 4.59. The van der Waals surface area contributed by atoms with Crippen molar-refractivity contribution < 1.29 is 14.6 Å². The molecule has 6 nitrogen and oxygen atoms in total. The second-order valence-corrected chi connectivity index (χ2v) is 4.59. The SMILES string of the molecule is COC(=O)N1CCN(Cc2cccc(N)c2O)CC1. The quantitative estimate of drug-likeness (QED) is 0.612. The monoisotopic (exact) mass is 265 g/mol. The predicted molar refractivity (Wildman–Crippen MR) is 71.8 cm³/mol. The van der Waals surface area contributed by atoms with Gasteiger partial charge in [-0.3, -0.25) is 4.90 Å². The number of phenols is 1. The molecule has 2 rings (SSSR count). The molecule has 0 atom stereocenters. The van der Waals surface area contributed by atoms with Crippen LogP contribution in [0.5, 0.6) is 5.75 Å². The molecule has 0 unspecified atom stereocenters. The van der Waals surface area contributed by atoms with Gasteiger partial charge in [-0.15, -0.1) is 0 Å². The lowest BCUT2D eigenvalue weighted by molar-refractivity contribution is 0.0886. The van der Waals surface area contributed by atoms with E-state index in [9.17, 15) is 9.90 Å². The van der Waals surface area contributed by atoms with Crippen LogP contribution in [0, 0.1) is 0 Å². The number of nitrogen functional groups attached to an aromatic ring is 1. The third-order valence-corrected chi connectivity index (χ3v) is 3.35. The summed E-state index contributed by atoms with van der Waals surface area (Å²) in [5.74, 6) is 0.151. The van der Waals surface area contributed by atoms with Gasteiger partial charge in [0.25, 0.3) is 0 Å². The topological polar surface area (TPSA) is 79.0 Å². The van der Waals surface area contributed by atoms with E-state index < -0.39 is 0 Å². The number of benzene rings is 1. The van der Waals surface area contributed by atoms with E-state index in [2.05, 4.69) is 9.64 Å². The van der Waals surface area contributed by atoms with Crippen molar-refractivity contribution >= 4 is 11.8 Å². The first-order valence-electron chi connectivity index (χ1n) is 6.23. The van der Waals surface area contributed by atoms with E-state index in [0.717, 1.165) is 18.7 Å². The third kappa shape index (κ3) is 3.08. The summed E-state index contributed by atoms with van der Waals surface area (Å²) in [7, 11) is 1.39. The van der Waals surface area contributed by atoms with Gasteiger partial charge in [0.15, 0.2) is 0 Å². The zero-order chi connectivity index (χ0) is 13.8. The number of hydrogen-bond acceptors (Lipinski definition) is 5. The van der Waals surface area contributed by atoms with Crippen molar-refractivity contribution in [1.82, 2.24) is 9.80 Å². The molecule has 1 amide bonds. The van der Waals surface area contributed by atoms with Crippen molar-refractivity contribution in [2.45, 2.75) is 6.54 Å². The highest BCUT2D eigenvalue weighted by atomic mass is 16.5. The normalized spacial score (nSPS) is 16.4. The van der Waals surface area contributed by atoms with Crippen molar-refractivity contribution in [3.8, 4) is 5.75 Å². The zero-order valence-electron chi connectivity index (χ0n) is 11.0. The summed E-state index contributed by atoms with van der Waals surface area (Å²) in [6, 6.07) is 5.36. The van der Waals surface area contributed by atoms with Crippen LogP contribution in [-0.2, 0) is 11.3 Å². The van der Waals surface area contributed by atoms with Gasteiger partial charge in [-0.1, -0.05) is 12.1 Å². The fraction of sp³-hybridized carbons (Fsp3) is 0.462. The van der Waals surface area contributed by atoms with E-state index in [-0.39, 0.29) is 11.8 Å². The van der Waals surface area contributed by atoms with Crippen LogP contribution in [0.2, 0.25) is 0 Å². The molecule has 1 saturated heterocycles. The summed E-state index contributed by atoms with van der Waals surface area (Å²) in [4.78, 5) is 15.2. The van der Waals surface area contributed by atoms with E-state index in [1.54, 1.807) is 11.0 Å². The Bertz CT molecular complexity index is 456. The number of carbonyl (C=O) groups is 1. The Labute approximate surface area is 112 Å². The number of ether oxygens (including phenoxy) is 1. The number of anilines is 1. The summed E-state index contributed by atoms with van der Waals surface area (Å²) >= 11 is 0. The number of hydrogen-bond donors (Lipinski definition) is 2. The maximum absolute atomic E-state index is 11.4. The summed E-state index contributed by atoms with van der Waals surface area (Å²) < 4.78 is 4.69. The average Bonchev–Trinajstić information content (AvgIpc) is 2.44. The first-order valence-corrected chi connectivity index (χ1v) is 6.23. The number of para-hydroxylation sites is 1. The lowest BCUT2D eigenvalue weighted by Gasteiger charge is -2.33. The second kappa shape index (κ2) is 5.79. The van der Waals surface area contributed by atoms with Crippen molar-refractivity contribution in [2.24, 2.45) is 0 Å². The van der Waals surface area contributed by atoms with Gasteiger partial charge in [0.05, 0.1) is 12.8 Å². The Morgan fingerprint density at radius 2 is 2.05 bits per heavy atom. The number of aromatic hydroxyl groups is 1. The molecule has 1 fully saturated rings. The van der Waals surface area contributed by atoms with E-state index in [0.29, 0.717) is 25.3 Å². The van der Waals surface area contributed by atoms with Crippen LogP contribution in [0.1, 0.15) is 5.56 Å². The first kappa shape index (κ1) is 13.5. The van der Waals surface area contributed by atoms with E-state index in [4.69, 9.17) is 5.73 Å². The smallest absolute Gasteiger partial charge is 0.409 e. The number of phenolic OH excluding ortho intramolecular Hbond substituents is 1. The highest BCUT2D eigenvalue weighted by Gasteiger charge is 2.22. The van der Waals surface area contributed by atoms with Gasteiger partial charge in [-0.2, -0.15) is 0 Å². The number of rotatable bonds is 2. The largest absolute Gasteiger partial charge is 0.505 e. The first-order chi connectivity index (χ1) is 9.11. The van der Waals surface area contributed by atoms with Crippen molar-refractivity contribution in [3.05, 3.63) is 23.8 Å².